The second-order valence-corrected chi connectivity index (χ2v) is 8.80. The van der Waals surface area contributed by atoms with Gasteiger partial charge in [-0.25, -0.2) is 0 Å². The summed E-state index contributed by atoms with van der Waals surface area (Å²) in [5.41, 5.74) is 7.16. The Labute approximate surface area is 205 Å². The molecule has 1 fully saturated rings. The molecule has 2 aromatic carbocycles. The van der Waals surface area contributed by atoms with E-state index >= 15 is 0 Å². The molecular weight excluding hydrogens is 457 g/mol. The zero-order valence-electron chi connectivity index (χ0n) is 20.4. The van der Waals surface area contributed by atoms with Crippen molar-refractivity contribution in [3.8, 4) is 5.75 Å². The van der Waals surface area contributed by atoms with Gasteiger partial charge in [0.15, 0.2) is 0 Å². The van der Waals surface area contributed by atoms with Gasteiger partial charge in [0.2, 0.25) is 0 Å². The summed E-state index contributed by atoms with van der Waals surface area (Å²) in [6, 6.07) is 13.2. The zero-order valence-corrected chi connectivity index (χ0v) is 20.4. The minimum Gasteiger partial charge on any atom is -0.489 e. The summed E-state index contributed by atoms with van der Waals surface area (Å²) in [5.74, 6) is 0.908. The van der Waals surface area contributed by atoms with Gasteiger partial charge >= 0.3 is 6.18 Å². The average molecular weight is 493 g/mol. The molecule has 9 heteroatoms. The Morgan fingerprint density at radius 3 is 2.34 bits per heavy atom. The van der Waals surface area contributed by atoms with Crippen molar-refractivity contribution in [2.24, 2.45) is 10.9 Å². The number of ether oxygens (including phenoxy) is 1. The number of benzene rings is 2. The van der Waals surface area contributed by atoms with Crippen LogP contribution in [0.4, 0.5) is 18.9 Å². The number of hydrogen-bond donors (Lipinski definition) is 1. The van der Waals surface area contributed by atoms with Crippen molar-refractivity contribution < 1.29 is 22.7 Å². The van der Waals surface area contributed by atoms with Crippen molar-refractivity contribution in [2.75, 3.05) is 50.8 Å². The molecule has 0 amide bonds. The Morgan fingerprint density at radius 1 is 1.03 bits per heavy atom. The Bertz CT molecular complexity index is 940. The van der Waals surface area contributed by atoms with E-state index in [9.17, 15) is 13.2 Å². The normalized spacial score (nSPS) is 15.5. The molecule has 6 nitrogen and oxygen atoms in total. The number of oxime groups is 1. The van der Waals surface area contributed by atoms with Crippen LogP contribution >= 0.6 is 0 Å². The van der Waals surface area contributed by atoms with Crippen LogP contribution in [0.2, 0.25) is 0 Å². The lowest BCUT2D eigenvalue weighted by Crippen LogP contribution is -2.46. The molecule has 1 heterocycles. The predicted molar refractivity (Wildman–Crippen MR) is 133 cm³/mol. The largest absolute Gasteiger partial charge is 0.489 e. The molecule has 0 aliphatic carbocycles. The smallest absolute Gasteiger partial charge is 0.416 e. The molecule has 35 heavy (non-hydrogen) atoms. The number of nitrogens with zero attached hydrogens (tertiary/aromatic N) is 3. The maximum absolute atomic E-state index is 12.9. The maximum Gasteiger partial charge on any atom is 0.416 e. The van der Waals surface area contributed by atoms with Gasteiger partial charge in [-0.15, -0.1) is 0 Å². The predicted octanol–water partition coefficient (Wildman–Crippen LogP) is 4.77. The van der Waals surface area contributed by atoms with Crippen LogP contribution in [0, 0.1) is 0 Å². The van der Waals surface area contributed by atoms with Gasteiger partial charge in [0.25, 0.3) is 0 Å². The number of halogens is 3. The topological polar surface area (TPSA) is 63.3 Å². The van der Waals surface area contributed by atoms with Gasteiger partial charge in [-0.2, -0.15) is 13.2 Å². The molecule has 3 rings (SSSR count). The molecule has 1 aliphatic heterocycles. The van der Waals surface area contributed by atoms with Crippen LogP contribution in [0.1, 0.15) is 37.8 Å². The number of para-hydroxylation sites is 2. The van der Waals surface area contributed by atoms with E-state index in [0.717, 1.165) is 62.7 Å². The van der Waals surface area contributed by atoms with Gasteiger partial charge in [0, 0.05) is 32.7 Å². The fraction of sp³-hybridized carbons (Fsp3) is 0.500. The maximum atomic E-state index is 12.9. The summed E-state index contributed by atoms with van der Waals surface area (Å²) in [6.45, 7) is 9.15. The number of hydrogen-bond acceptors (Lipinski definition) is 6. The van der Waals surface area contributed by atoms with Crippen molar-refractivity contribution in [1.29, 1.82) is 0 Å². The Morgan fingerprint density at radius 2 is 1.71 bits per heavy atom. The molecule has 2 N–H and O–H groups in total. The molecule has 0 spiro atoms. The van der Waals surface area contributed by atoms with E-state index in [1.807, 2.05) is 32.0 Å². The number of rotatable bonds is 11. The highest BCUT2D eigenvalue weighted by atomic mass is 19.4. The number of alkyl halides is 3. The van der Waals surface area contributed by atoms with Gasteiger partial charge in [-0.1, -0.05) is 29.4 Å². The minimum absolute atomic E-state index is 0.117. The second kappa shape index (κ2) is 12.8. The Hall–Kier alpha value is -2.78. The van der Waals surface area contributed by atoms with Crippen LogP contribution in [0.5, 0.6) is 5.75 Å². The van der Waals surface area contributed by atoms with Gasteiger partial charge < -0.3 is 20.2 Å². The third-order valence-corrected chi connectivity index (χ3v) is 5.76. The molecule has 0 aromatic heterocycles. The van der Waals surface area contributed by atoms with E-state index in [4.69, 9.17) is 15.3 Å². The van der Waals surface area contributed by atoms with Crippen LogP contribution in [0.3, 0.4) is 0 Å². The second-order valence-electron chi connectivity index (χ2n) is 8.80. The zero-order chi connectivity index (χ0) is 25.3. The van der Waals surface area contributed by atoms with E-state index < -0.39 is 11.7 Å². The van der Waals surface area contributed by atoms with Gasteiger partial charge in [0.05, 0.1) is 23.1 Å². The molecule has 0 bridgehead atoms. The third kappa shape index (κ3) is 8.14. The van der Waals surface area contributed by atoms with Crippen molar-refractivity contribution in [3.63, 3.8) is 0 Å². The Kier molecular flexibility index (Phi) is 9.80. The highest BCUT2D eigenvalue weighted by molar-refractivity contribution is 6.00. The first-order chi connectivity index (χ1) is 16.8. The molecule has 0 radical (unpaired) electrons. The number of anilines is 1. The lowest BCUT2D eigenvalue weighted by Gasteiger charge is -2.37. The van der Waals surface area contributed by atoms with E-state index in [1.54, 1.807) is 0 Å². The van der Waals surface area contributed by atoms with Crippen molar-refractivity contribution >= 4 is 11.4 Å². The molecule has 1 aliphatic rings. The molecule has 0 atom stereocenters. The fourth-order valence-electron chi connectivity index (χ4n) is 4.03. The molecule has 0 saturated carbocycles. The first-order valence-electron chi connectivity index (χ1n) is 12.1. The SMILES string of the molecule is CC(C)Oc1ccccc1N1CCN(CCC/C(=N/OCCN)c2ccc(C(F)(F)F)cc2)CC1. The van der Waals surface area contributed by atoms with E-state index in [0.29, 0.717) is 24.2 Å². The third-order valence-electron chi connectivity index (χ3n) is 5.76. The van der Waals surface area contributed by atoms with Crippen LogP contribution in [0.25, 0.3) is 0 Å². The summed E-state index contributed by atoms with van der Waals surface area (Å²) in [7, 11) is 0. The molecule has 1 saturated heterocycles. The minimum atomic E-state index is -4.37. The highest BCUT2D eigenvalue weighted by Crippen LogP contribution is 2.30. The highest BCUT2D eigenvalue weighted by Gasteiger charge is 2.30. The standard InChI is InChI=1S/C26H35F3N4O2/c1-20(2)35-25-8-4-3-7-24(25)33-17-15-32(16-18-33)14-5-6-23(31-34-19-13-30)21-9-11-22(12-10-21)26(27,28)29/h3-4,7-12,20H,5-6,13-19,30H2,1-2H3/b31-23-. The molecule has 2 aromatic rings. The van der Waals surface area contributed by atoms with Crippen LogP contribution in [0.15, 0.2) is 53.7 Å². The van der Waals surface area contributed by atoms with Crippen molar-refractivity contribution in [1.82, 2.24) is 4.90 Å². The summed E-state index contributed by atoms with van der Waals surface area (Å²) in [6.07, 6.45) is -2.83. The van der Waals surface area contributed by atoms with Gasteiger partial charge in [-0.3, -0.25) is 4.90 Å². The monoisotopic (exact) mass is 492 g/mol. The number of piperazine rings is 1. The Balaban J connectivity index is 1.54. The lowest BCUT2D eigenvalue weighted by atomic mass is 10.0. The van der Waals surface area contributed by atoms with Crippen LogP contribution < -0.4 is 15.4 Å². The van der Waals surface area contributed by atoms with E-state index in [-0.39, 0.29) is 12.7 Å². The van der Waals surface area contributed by atoms with Crippen molar-refractivity contribution in [2.45, 2.75) is 39.0 Å². The first-order valence-corrected chi connectivity index (χ1v) is 12.1. The van der Waals surface area contributed by atoms with Crippen LogP contribution in [-0.4, -0.2) is 62.6 Å². The fourth-order valence-corrected chi connectivity index (χ4v) is 4.03. The van der Waals surface area contributed by atoms with Gasteiger partial charge in [-0.05, 0) is 63.1 Å². The van der Waals surface area contributed by atoms with Crippen molar-refractivity contribution in [3.05, 3.63) is 59.7 Å². The van der Waals surface area contributed by atoms with E-state index in [1.165, 1.54) is 12.1 Å². The first kappa shape index (κ1) is 26.8. The summed E-state index contributed by atoms with van der Waals surface area (Å²) in [5, 5.41) is 4.16. The summed E-state index contributed by atoms with van der Waals surface area (Å²) < 4.78 is 44.7. The molecule has 192 valence electrons. The molecule has 0 unspecified atom stereocenters. The lowest BCUT2D eigenvalue weighted by molar-refractivity contribution is -0.137. The quantitative estimate of drug-likeness (QED) is 0.278. The van der Waals surface area contributed by atoms with E-state index in [2.05, 4.69) is 21.0 Å². The molecular formula is C26H35F3N4O2. The number of nitrogens with two attached hydrogens (primary N) is 1. The van der Waals surface area contributed by atoms with Crippen LogP contribution in [-0.2, 0) is 11.0 Å². The summed E-state index contributed by atoms with van der Waals surface area (Å²) >= 11 is 0. The van der Waals surface area contributed by atoms with Gasteiger partial charge in [0.1, 0.15) is 12.4 Å². The summed E-state index contributed by atoms with van der Waals surface area (Å²) in [4.78, 5) is 10.00. The average Bonchev–Trinajstić information content (AvgIpc) is 2.83.